The fourth-order valence-corrected chi connectivity index (χ4v) is 2.70. The summed E-state index contributed by atoms with van der Waals surface area (Å²) in [5, 5.41) is 16.9. The molecule has 1 aliphatic rings. The van der Waals surface area contributed by atoms with Crippen molar-refractivity contribution in [1.29, 1.82) is 0 Å². The first-order valence-electron chi connectivity index (χ1n) is 6.69. The van der Waals surface area contributed by atoms with Crippen LogP contribution >= 0.6 is 0 Å². The van der Waals surface area contributed by atoms with Gasteiger partial charge in [-0.3, -0.25) is 0 Å². The summed E-state index contributed by atoms with van der Waals surface area (Å²) in [7, 11) is 0. The first kappa shape index (κ1) is 15.9. The Kier molecular flexibility index (Phi) is 3.29. The van der Waals surface area contributed by atoms with Crippen LogP contribution in [0.3, 0.4) is 0 Å². The maximum atomic E-state index is 13.1. The molecule has 0 aromatic carbocycles. The lowest BCUT2D eigenvalue weighted by molar-refractivity contribution is -0.261. The average Bonchev–Trinajstić information content (AvgIpc) is 3.00. The van der Waals surface area contributed by atoms with Gasteiger partial charge in [0.1, 0.15) is 5.69 Å². The van der Waals surface area contributed by atoms with Gasteiger partial charge in [-0.1, -0.05) is 12.1 Å². The average molecular weight is 337 g/mol. The fraction of sp³-hybridized carbons (Fsp3) is 0.538. The summed E-state index contributed by atoms with van der Waals surface area (Å²) in [6, 6.07) is 0. The highest BCUT2D eigenvalue weighted by Crippen LogP contribution is 2.47. The van der Waals surface area contributed by atoms with Crippen LogP contribution in [0.15, 0.2) is 10.7 Å². The van der Waals surface area contributed by atoms with Gasteiger partial charge in [0.25, 0.3) is 0 Å². The van der Waals surface area contributed by atoms with Crippen LogP contribution in [0.4, 0.5) is 22.0 Å². The van der Waals surface area contributed by atoms with Crippen LogP contribution in [0, 0.1) is 0 Å². The molecule has 0 amide bonds. The Morgan fingerprint density at radius 3 is 2.61 bits per heavy atom. The van der Waals surface area contributed by atoms with Crippen LogP contribution in [-0.4, -0.2) is 26.2 Å². The van der Waals surface area contributed by atoms with E-state index in [9.17, 15) is 27.1 Å². The monoisotopic (exact) mass is 337 g/mol. The van der Waals surface area contributed by atoms with Crippen molar-refractivity contribution < 1.29 is 31.6 Å². The molecule has 0 saturated carbocycles. The van der Waals surface area contributed by atoms with Gasteiger partial charge in [-0.05, 0) is 19.3 Å². The molecule has 0 spiro atoms. The third-order valence-corrected chi connectivity index (χ3v) is 3.99. The van der Waals surface area contributed by atoms with E-state index in [2.05, 4.69) is 10.3 Å². The summed E-state index contributed by atoms with van der Waals surface area (Å²) in [4.78, 5) is 0. The van der Waals surface area contributed by atoms with E-state index in [1.165, 1.54) is 0 Å². The fourth-order valence-electron chi connectivity index (χ4n) is 2.70. The quantitative estimate of drug-likeness (QED) is 0.854. The number of nitrogens with zero attached hydrogens (tertiary/aromatic N) is 3. The van der Waals surface area contributed by atoms with E-state index in [0.29, 0.717) is 17.3 Å². The predicted octanol–water partition coefficient (Wildman–Crippen LogP) is 3.36. The van der Waals surface area contributed by atoms with Crippen LogP contribution in [0.25, 0.3) is 11.3 Å². The molecule has 1 aliphatic carbocycles. The van der Waals surface area contributed by atoms with Crippen molar-refractivity contribution in [3.8, 4) is 11.3 Å². The number of hydrogen-bond donors (Lipinski definition) is 1. The number of fused-ring (bicyclic) bond motifs is 3. The van der Waals surface area contributed by atoms with Crippen LogP contribution in [0.1, 0.15) is 43.3 Å². The third-order valence-electron chi connectivity index (χ3n) is 3.99. The summed E-state index contributed by atoms with van der Waals surface area (Å²) < 4.78 is 70.0. The highest BCUT2D eigenvalue weighted by molar-refractivity contribution is 5.68. The lowest BCUT2D eigenvalue weighted by Crippen LogP contribution is -2.40. The van der Waals surface area contributed by atoms with E-state index < -0.39 is 29.9 Å². The normalized spacial score (nSPS) is 20.3. The molecule has 3 rings (SSSR count). The third kappa shape index (κ3) is 2.23. The summed E-state index contributed by atoms with van der Waals surface area (Å²) in [6.45, 7) is -0.702. The van der Waals surface area contributed by atoms with Gasteiger partial charge in [0.15, 0.2) is 5.76 Å². The Morgan fingerprint density at radius 1 is 1.39 bits per heavy atom. The SMILES string of the molecule is C[C@H]1Cc2nn(C(F)F)cc2-c2onc([C@@](C)(O)C(F)(F)F)c21. The zero-order valence-corrected chi connectivity index (χ0v) is 12.0. The molecule has 23 heavy (non-hydrogen) atoms. The first-order chi connectivity index (χ1) is 10.5. The van der Waals surface area contributed by atoms with E-state index in [0.717, 1.165) is 6.20 Å². The van der Waals surface area contributed by atoms with Gasteiger partial charge in [-0.25, -0.2) is 4.68 Å². The van der Waals surface area contributed by atoms with Crippen molar-refractivity contribution in [2.45, 2.75) is 44.5 Å². The second kappa shape index (κ2) is 4.76. The van der Waals surface area contributed by atoms with Crippen molar-refractivity contribution in [2.24, 2.45) is 0 Å². The van der Waals surface area contributed by atoms with Crippen molar-refractivity contribution in [2.75, 3.05) is 0 Å². The van der Waals surface area contributed by atoms with E-state index in [-0.39, 0.29) is 23.3 Å². The molecule has 2 aromatic rings. The Labute approximate surface area is 126 Å². The second-order valence-corrected chi connectivity index (χ2v) is 5.70. The number of hydrogen-bond acceptors (Lipinski definition) is 4. The Balaban J connectivity index is 2.17. The summed E-state index contributed by atoms with van der Waals surface area (Å²) >= 11 is 0. The van der Waals surface area contributed by atoms with Crippen LogP contribution in [-0.2, 0) is 12.0 Å². The number of halogens is 5. The molecular formula is C13H12F5N3O2. The lowest BCUT2D eigenvalue weighted by atomic mass is 9.82. The zero-order chi connectivity index (χ0) is 17.2. The minimum atomic E-state index is -4.95. The summed E-state index contributed by atoms with van der Waals surface area (Å²) in [5.74, 6) is -0.584. The van der Waals surface area contributed by atoms with Gasteiger partial charge >= 0.3 is 12.7 Å². The Hall–Kier alpha value is -1.97. The number of rotatable bonds is 2. The molecule has 2 atom stereocenters. The molecular weight excluding hydrogens is 325 g/mol. The molecule has 0 bridgehead atoms. The standard InChI is InChI=1S/C13H12F5N3O2/c1-5-3-7-6(4-21(19-7)11(14)15)9-8(5)10(20-23-9)12(2,22)13(16,17)18/h4-5,11,22H,3H2,1-2H3/t5-,12+/m0/s1. The molecule has 0 aliphatic heterocycles. The van der Waals surface area contributed by atoms with Crippen LogP contribution < -0.4 is 0 Å². The van der Waals surface area contributed by atoms with E-state index in [4.69, 9.17) is 4.52 Å². The van der Waals surface area contributed by atoms with E-state index >= 15 is 0 Å². The van der Waals surface area contributed by atoms with E-state index in [1.54, 1.807) is 6.92 Å². The molecule has 2 aromatic heterocycles. The maximum Gasteiger partial charge on any atom is 0.422 e. The number of aliphatic hydroxyl groups is 1. The summed E-state index contributed by atoms with van der Waals surface area (Å²) in [5.41, 5.74) is -3.33. The molecule has 5 nitrogen and oxygen atoms in total. The minimum absolute atomic E-state index is 0.0636. The molecule has 1 N–H and O–H groups in total. The van der Waals surface area contributed by atoms with Gasteiger partial charge in [0.05, 0.1) is 11.3 Å². The molecule has 0 radical (unpaired) electrons. The lowest BCUT2D eigenvalue weighted by Gasteiger charge is -2.27. The van der Waals surface area contributed by atoms with Gasteiger partial charge in [0.2, 0.25) is 5.60 Å². The number of alkyl halides is 5. The molecule has 0 unspecified atom stereocenters. The van der Waals surface area contributed by atoms with Gasteiger partial charge in [0, 0.05) is 11.8 Å². The highest BCUT2D eigenvalue weighted by atomic mass is 19.4. The van der Waals surface area contributed by atoms with E-state index in [1.807, 2.05) is 0 Å². The topological polar surface area (TPSA) is 64.1 Å². The Morgan fingerprint density at radius 2 is 2.04 bits per heavy atom. The van der Waals surface area contributed by atoms with Gasteiger partial charge in [-0.2, -0.15) is 27.1 Å². The minimum Gasteiger partial charge on any atom is -0.375 e. The molecule has 0 saturated heterocycles. The molecule has 126 valence electrons. The van der Waals surface area contributed by atoms with Crippen LogP contribution in [0.2, 0.25) is 0 Å². The Bertz CT molecular complexity index is 747. The molecule has 10 heteroatoms. The smallest absolute Gasteiger partial charge is 0.375 e. The maximum absolute atomic E-state index is 13.1. The van der Waals surface area contributed by atoms with Gasteiger partial charge < -0.3 is 9.63 Å². The largest absolute Gasteiger partial charge is 0.422 e. The van der Waals surface area contributed by atoms with Crippen molar-refractivity contribution in [3.05, 3.63) is 23.1 Å². The number of aromatic nitrogens is 3. The first-order valence-corrected chi connectivity index (χ1v) is 6.69. The molecule has 2 heterocycles. The summed E-state index contributed by atoms with van der Waals surface area (Å²) in [6.07, 6.45) is -3.81. The van der Waals surface area contributed by atoms with Crippen molar-refractivity contribution in [1.82, 2.24) is 14.9 Å². The van der Waals surface area contributed by atoms with Crippen molar-refractivity contribution >= 4 is 0 Å². The van der Waals surface area contributed by atoms with Gasteiger partial charge in [-0.15, -0.1) is 0 Å². The second-order valence-electron chi connectivity index (χ2n) is 5.70. The van der Waals surface area contributed by atoms with Crippen molar-refractivity contribution in [3.63, 3.8) is 0 Å². The highest BCUT2D eigenvalue weighted by Gasteiger charge is 2.55. The zero-order valence-electron chi connectivity index (χ0n) is 12.0. The predicted molar refractivity (Wildman–Crippen MR) is 66.7 cm³/mol. The molecule has 0 fully saturated rings. The van der Waals surface area contributed by atoms with Crippen LogP contribution in [0.5, 0.6) is 0 Å².